The number of nitrogens with one attached hydrogen (secondary N) is 1. The molecule has 2 rings (SSSR count). The van der Waals surface area contributed by atoms with Crippen molar-refractivity contribution in [3.63, 3.8) is 0 Å². The first kappa shape index (κ1) is 15.9. The molecule has 0 aromatic carbocycles. The molecule has 7 nitrogen and oxygen atoms in total. The van der Waals surface area contributed by atoms with Crippen molar-refractivity contribution in [3.05, 3.63) is 11.9 Å². The van der Waals surface area contributed by atoms with Gasteiger partial charge in [0.1, 0.15) is 0 Å². The molecule has 7 heteroatoms. The zero-order chi connectivity index (χ0) is 15.1. The minimum atomic E-state index is -0.134. The number of unbranched alkanes of at least 4 members (excludes halogenated alkanes) is 1. The highest BCUT2D eigenvalue weighted by Gasteiger charge is 2.21. The maximum atomic E-state index is 12.1. The fourth-order valence-corrected chi connectivity index (χ4v) is 2.59. The average molecular weight is 294 g/mol. The van der Waals surface area contributed by atoms with Crippen LogP contribution in [-0.2, 0) is 6.54 Å². The lowest BCUT2D eigenvalue weighted by atomic mass is 10.0. The summed E-state index contributed by atoms with van der Waals surface area (Å²) in [7, 11) is 0. The number of hydrogen-bond acceptors (Lipinski definition) is 5. The van der Waals surface area contributed by atoms with Crippen molar-refractivity contribution in [3.8, 4) is 0 Å². The minimum Gasteiger partial charge on any atom is -0.348 e. The first-order valence-electron chi connectivity index (χ1n) is 7.86. The molecule has 1 fully saturated rings. The summed E-state index contributed by atoms with van der Waals surface area (Å²) in [5.41, 5.74) is 5.82. The Bertz CT molecular complexity index is 438. The second-order valence-electron chi connectivity index (χ2n) is 5.60. The van der Waals surface area contributed by atoms with Gasteiger partial charge in [0, 0.05) is 25.7 Å². The van der Waals surface area contributed by atoms with Crippen molar-refractivity contribution in [1.29, 1.82) is 0 Å². The highest BCUT2D eigenvalue weighted by Crippen LogP contribution is 2.11. The van der Waals surface area contributed by atoms with Crippen LogP contribution in [0.4, 0.5) is 0 Å². The molecule has 0 saturated carbocycles. The van der Waals surface area contributed by atoms with E-state index in [2.05, 4.69) is 27.5 Å². The van der Waals surface area contributed by atoms with E-state index in [4.69, 9.17) is 5.73 Å². The summed E-state index contributed by atoms with van der Waals surface area (Å²) in [6.45, 7) is 6.57. The number of aromatic nitrogens is 3. The highest BCUT2D eigenvalue weighted by atomic mass is 16.2. The first-order chi connectivity index (χ1) is 10.2. The van der Waals surface area contributed by atoms with E-state index in [1.807, 2.05) is 0 Å². The lowest BCUT2D eigenvalue weighted by Gasteiger charge is -2.32. The van der Waals surface area contributed by atoms with Gasteiger partial charge in [-0.15, -0.1) is 5.10 Å². The van der Waals surface area contributed by atoms with Crippen LogP contribution in [0.1, 0.15) is 43.1 Å². The maximum Gasteiger partial charge on any atom is 0.273 e. The van der Waals surface area contributed by atoms with Crippen LogP contribution in [0.25, 0.3) is 0 Å². The number of nitrogens with two attached hydrogens (primary N) is 1. The number of carbonyl (C=O) groups excluding carboxylic acids is 1. The lowest BCUT2D eigenvalue weighted by molar-refractivity contribution is 0.0905. The van der Waals surface area contributed by atoms with E-state index in [0.717, 1.165) is 25.9 Å². The Hall–Kier alpha value is -1.47. The van der Waals surface area contributed by atoms with Crippen LogP contribution >= 0.6 is 0 Å². The average Bonchev–Trinajstić information content (AvgIpc) is 2.96. The Morgan fingerprint density at radius 1 is 1.43 bits per heavy atom. The van der Waals surface area contributed by atoms with Gasteiger partial charge in [-0.25, -0.2) is 0 Å². The number of rotatable bonds is 7. The summed E-state index contributed by atoms with van der Waals surface area (Å²) in [6.07, 6.45) is 6.15. The fraction of sp³-hybridized carbons (Fsp3) is 0.786. The highest BCUT2D eigenvalue weighted by molar-refractivity contribution is 5.92. The van der Waals surface area contributed by atoms with E-state index in [-0.39, 0.29) is 11.9 Å². The first-order valence-corrected chi connectivity index (χ1v) is 7.86. The molecule has 1 amide bonds. The molecule has 1 aromatic heterocycles. The van der Waals surface area contributed by atoms with Crippen molar-refractivity contribution in [2.75, 3.05) is 26.2 Å². The van der Waals surface area contributed by atoms with E-state index in [1.165, 1.54) is 19.4 Å². The van der Waals surface area contributed by atoms with Crippen molar-refractivity contribution >= 4 is 5.91 Å². The van der Waals surface area contributed by atoms with Crippen LogP contribution in [0.2, 0.25) is 0 Å². The Balaban J connectivity index is 1.75. The van der Waals surface area contributed by atoms with Crippen molar-refractivity contribution in [2.24, 2.45) is 5.73 Å². The molecule has 0 spiro atoms. The SMILES string of the molecule is CCCCN1CCC(NC(=O)c2cn(CCN)nn2)CC1. The standard InChI is InChI=1S/C14H26N6O/c1-2-3-7-19-8-4-12(5-9-19)16-14(21)13-11-20(10-6-15)18-17-13/h11-12H,2-10,15H2,1H3,(H,16,21). The van der Waals surface area contributed by atoms with Gasteiger partial charge in [0.25, 0.3) is 5.91 Å². The van der Waals surface area contributed by atoms with Crippen LogP contribution in [0.3, 0.4) is 0 Å². The van der Waals surface area contributed by atoms with Crippen LogP contribution < -0.4 is 11.1 Å². The largest absolute Gasteiger partial charge is 0.348 e. The summed E-state index contributed by atoms with van der Waals surface area (Å²) >= 11 is 0. The molecule has 1 aromatic rings. The Morgan fingerprint density at radius 3 is 2.86 bits per heavy atom. The normalized spacial score (nSPS) is 17.0. The minimum absolute atomic E-state index is 0.134. The molecule has 1 aliphatic rings. The zero-order valence-electron chi connectivity index (χ0n) is 12.8. The summed E-state index contributed by atoms with van der Waals surface area (Å²) in [5, 5.41) is 10.8. The van der Waals surface area contributed by atoms with Crippen molar-refractivity contribution in [2.45, 2.75) is 45.2 Å². The monoisotopic (exact) mass is 294 g/mol. The van der Waals surface area contributed by atoms with E-state index >= 15 is 0 Å². The summed E-state index contributed by atoms with van der Waals surface area (Å²) in [6, 6.07) is 0.245. The predicted octanol–water partition coefficient (Wildman–Crippen LogP) is 0.231. The van der Waals surface area contributed by atoms with E-state index < -0.39 is 0 Å². The number of amides is 1. The molecule has 21 heavy (non-hydrogen) atoms. The van der Waals surface area contributed by atoms with Gasteiger partial charge in [0.2, 0.25) is 0 Å². The summed E-state index contributed by atoms with van der Waals surface area (Å²) < 4.78 is 1.60. The third-order valence-electron chi connectivity index (χ3n) is 3.88. The van der Waals surface area contributed by atoms with Gasteiger partial charge in [0.15, 0.2) is 5.69 Å². The van der Waals surface area contributed by atoms with Crippen LogP contribution in [0, 0.1) is 0 Å². The third-order valence-corrected chi connectivity index (χ3v) is 3.88. The second-order valence-corrected chi connectivity index (χ2v) is 5.60. The third kappa shape index (κ3) is 4.78. The number of hydrogen-bond donors (Lipinski definition) is 2. The molecular formula is C14H26N6O. The summed E-state index contributed by atoms with van der Waals surface area (Å²) in [5.74, 6) is -0.134. The quantitative estimate of drug-likeness (QED) is 0.751. The van der Waals surface area contributed by atoms with Crippen LogP contribution in [-0.4, -0.2) is 58.0 Å². The Labute approximate surface area is 125 Å². The second kappa shape index (κ2) is 8.09. The van der Waals surface area contributed by atoms with E-state index in [1.54, 1.807) is 10.9 Å². The fourth-order valence-electron chi connectivity index (χ4n) is 2.59. The molecule has 0 aliphatic carbocycles. The smallest absolute Gasteiger partial charge is 0.273 e. The van der Waals surface area contributed by atoms with Gasteiger partial charge in [0.05, 0.1) is 12.7 Å². The molecule has 0 radical (unpaired) electrons. The molecule has 118 valence electrons. The van der Waals surface area contributed by atoms with Crippen molar-refractivity contribution < 1.29 is 4.79 Å². The van der Waals surface area contributed by atoms with Gasteiger partial charge in [-0.2, -0.15) is 0 Å². The summed E-state index contributed by atoms with van der Waals surface area (Å²) in [4.78, 5) is 14.6. The van der Waals surface area contributed by atoms with Crippen LogP contribution in [0.5, 0.6) is 0 Å². The van der Waals surface area contributed by atoms with E-state index in [9.17, 15) is 4.79 Å². The maximum absolute atomic E-state index is 12.1. The van der Waals surface area contributed by atoms with Gasteiger partial charge in [-0.1, -0.05) is 18.6 Å². The molecular weight excluding hydrogens is 268 g/mol. The zero-order valence-corrected chi connectivity index (χ0v) is 12.8. The van der Waals surface area contributed by atoms with Gasteiger partial charge in [-0.05, 0) is 25.8 Å². The Kier molecular flexibility index (Phi) is 6.13. The molecule has 1 aliphatic heterocycles. The molecule has 0 unspecified atom stereocenters. The number of piperidine rings is 1. The predicted molar refractivity (Wildman–Crippen MR) is 80.9 cm³/mol. The van der Waals surface area contributed by atoms with Crippen LogP contribution in [0.15, 0.2) is 6.20 Å². The molecule has 0 atom stereocenters. The molecule has 0 bridgehead atoms. The van der Waals surface area contributed by atoms with Crippen molar-refractivity contribution in [1.82, 2.24) is 25.2 Å². The van der Waals surface area contributed by atoms with E-state index in [0.29, 0.717) is 18.8 Å². The lowest BCUT2D eigenvalue weighted by Crippen LogP contribution is -2.44. The topological polar surface area (TPSA) is 89.1 Å². The number of likely N-dealkylation sites (tertiary alicyclic amines) is 1. The van der Waals surface area contributed by atoms with Gasteiger partial charge < -0.3 is 16.0 Å². The Morgan fingerprint density at radius 2 is 2.19 bits per heavy atom. The van der Waals surface area contributed by atoms with Gasteiger partial charge >= 0.3 is 0 Å². The van der Waals surface area contributed by atoms with Gasteiger partial charge in [-0.3, -0.25) is 9.48 Å². The number of nitrogens with zero attached hydrogens (tertiary/aromatic N) is 4. The molecule has 1 saturated heterocycles. The molecule has 3 N–H and O–H groups in total. The number of carbonyl (C=O) groups is 1. The molecule has 2 heterocycles.